The second kappa shape index (κ2) is 4.88. The van der Waals surface area contributed by atoms with Gasteiger partial charge in [-0.15, -0.1) is 0 Å². The van der Waals surface area contributed by atoms with Crippen molar-refractivity contribution in [2.24, 2.45) is 4.99 Å². The quantitative estimate of drug-likeness (QED) is 0.337. The number of benzene rings is 2. The second-order valence-corrected chi connectivity index (χ2v) is 5.43. The molecule has 2 heterocycles. The van der Waals surface area contributed by atoms with Crippen LogP contribution in [0.4, 0.5) is 11.6 Å². The molecule has 2 aromatic heterocycles. The van der Waals surface area contributed by atoms with Crippen molar-refractivity contribution < 1.29 is 5.11 Å². The number of rotatable bonds is 2. The van der Waals surface area contributed by atoms with Crippen molar-refractivity contribution in [3.63, 3.8) is 0 Å². The maximum absolute atomic E-state index is 10.2. The first-order valence-corrected chi connectivity index (χ1v) is 7.22. The molecule has 0 saturated heterocycles. The van der Waals surface area contributed by atoms with E-state index in [2.05, 4.69) is 19.9 Å². The normalized spacial score (nSPS) is 12.3. The van der Waals surface area contributed by atoms with Gasteiger partial charge in [-0.05, 0) is 37.3 Å². The molecule has 0 atom stereocenters. The van der Waals surface area contributed by atoms with Crippen molar-refractivity contribution in [3.8, 4) is 5.88 Å². The molecule has 0 amide bonds. The fourth-order valence-corrected chi connectivity index (χ4v) is 2.77. The summed E-state index contributed by atoms with van der Waals surface area (Å²) in [6.45, 7) is 1.83. The minimum Gasteiger partial charge on any atom is -0.494 e. The third-order valence-corrected chi connectivity index (χ3v) is 3.82. The van der Waals surface area contributed by atoms with Crippen LogP contribution in [0.3, 0.4) is 0 Å². The zero-order chi connectivity index (χ0) is 16.0. The molecule has 0 bridgehead atoms. The highest BCUT2D eigenvalue weighted by atomic mass is 16.3. The lowest BCUT2D eigenvalue weighted by Crippen LogP contribution is -1.94. The number of nitrogens with one attached hydrogen (secondary N) is 2. The van der Waals surface area contributed by atoms with Crippen LogP contribution in [0.2, 0.25) is 0 Å². The minimum atomic E-state index is 0.0722. The Kier molecular flexibility index (Phi) is 2.84. The number of nitrogen functional groups attached to an aromatic ring is 1. The molecule has 0 unspecified atom stereocenters. The number of hydrogen-bond donors (Lipinski definition) is 4. The molecule has 0 fully saturated rings. The van der Waals surface area contributed by atoms with Crippen LogP contribution in [0.1, 0.15) is 12.5 Å². The number of imidazole rings is 1. The monoisotopic (exact) mass is 305 g/mol. The molecule has 114 valence electrons. The summed E-state index contributed by atoms with van der Waals surface area (Å²) in [5.74, 6) is 0.573. The van der Waals surface area contributed by atoms with Gasteiger partial charge in [0, 0.05) is 16.6 Å². The summed E-state index contributed by atoms with van der Waals surface area (Å²) in [5, 5.41) is 11.0. The van der Waals surface area contributed by atoms with Crippen LogP contribution in [0.15, 0.2) is 47.5 Å². The van der Waals surface area contributed by atoms with E-state index in [0.29, 0.717) is 22.9 Å². The summed E-state index contributed by atoms with van der Waals surface area (Å²) >= 11 is 0. The lowest BCUT2D eigenvalue weighted by atomic mass is 10.1. The number of para-hydroxylation sites is 2. The molecule has 6 nitrogen and oxygen atoms in total. The number of aromatic amines is 2. The van der Waals surface area contributed by atoms with Gasteiger partial charge in [0.1, 0.15) is 0 Å². The van der Waals surface area contributed by atoms with Gasteiger partial charge >= 0.3 is 0 Å². The molecular formula is C17H15N5O. The van der Waals surface area contributed by atoms with E-state index in [4.69, 9.17) is 5.73 Å². The number of aromatic hydroxyl groups is 1. The molecule has 0 saturated carbocycles. The summed E-state index contributed by atoms with van der Waals surface area (Å²) in [7, 11) is 0. The van der Waals surface area contributed by atoms with Gasteiger partial charge in [0.2, 0.25) is 5.95 Å². The van der Waals surface area contributed by atoms with Crippen LogP contribution >= 0.6 is 0 Å². The van der Waals surface area contributed by atoms with Gasteiger partial charge in [-0.1, -0.05) is 12.1 Å². The van der Waals surface area contributed by atoms with Gasteiger partial charge in [-0.3, -0.25) is 0 Å². The van der Waals surface area contributed by atoms with Gasteiger partial charge in [-0.25, -0.2) is 9.98 Å². The van der Waals surface area contributed by atoms with Crippen molar-refractivity contribution >= 4 is 39.3 Å². The van der Waals surface area contributed by atoms with Crippen molar-refractivity contribution in [2.75, 3.05) is 5.73 Å². The molecule has 0 spiro atoms. The van der Waals surface area contributed by atoms with Gasteiger partial charge in [-0.2, -0.15) is 0 Å². The fourth-order valence-electron chi connectivity index (χ4n) is 2.77. The Bertz CT molecular complexity index is 1020. The van der Waals surface area contributed by atoms with E-state index < -0.39 is 0 Å². The van der Waals surface area contributed by atoms with Crippen molar-refractivity contribution in [1.82, 2.24) is 15.0 Å². The number of hydrogen-bond acceptors (Lipinski definition) is 4. The zero-order valence-corrected chi connectivity index (χ0v) is 12.5. The van der Waals surface area contributed by atoms with E-state index in [1.807, 2.05) is 43.3 Å². The van der Waals surface area contributed by atoms with Gasteiger partial charge in [0.05, 0.1) is 22.3 Å². The molecule has 6 heteroatoms. The molecule has 4 aromatic rings. The predicted molar refractivity (Wildman–Crippen MR) is 92.3 cm³/mol. The number of H-pyrrole nitrogens is 2. The Hall–Kier alpha value is -3.28. The van der Waals surface area contributed by atoms with Crippen LogP contribution in [-0.2, 0) is 0 Å². The molecule has 2 aromatic carbocycles. The first kappa shape index (κ1) is 13.4. The van der Waals surface area contributed by atoms with Crippen LogP contribution in [0, 0.1) is 0 Å². The van der Waals surface area contributed by atoms with E-state index in [1.165, 1.54) is 0 Å². The number of anilines is 1. The molecule has 0 aliphatic carbocycles. The van der Waals surface area contributed by atoms with Gasteiger partial charge in [0.25, 0.3) is 0 Å². The Labute approximate surface area is 131 Å². The number of fused-ring (bicyclic) bond motifs is 2. The van der Waals surface area contributed by atoms with Crippen LogP contribution in [-0.4, -0.2) is 25.8 Å². The first-order valence-electron chi connectivity index (χ1n) is 7.22. The van der Waals surface area contributed by atoms with Crippen molar-refractivity contribution in [1.29, 1.82) is 0 Å². The second-order valence-electron chi connectivity index (χ2n) is 5.43. The maximum Gasteiger partial charge on any atom is 0.228 e. The SMILES string of the molecule is CC(=Nc1nc2ccccc2[nH]1)c1c(O)[nH]c2ccc(N)cc12. The Morgan fingerprint density at radius 1 is 1.13 bits per heavy atom. The molecule has 0 aliphatic rings. The number of aromatic nitrogens is 3. The third kappa shape index (κ3) is 2.20. The lowest BCUT2D eigenvalue weighted by molar-refractivity contribution is 0.457. The van der Waals surface area contributed by atoms with Gasteiger partial charge < -0.3 is 20.8 Å². The third-order valence-electron chi connectivity index (χ3n) is 3.82. The maximum atomic E-state index is 10.2. The number of nitrogens with zero attached hydrogens (tertiary/aromatic N) is 2. The zero-order valence-electron chi connectivity index (χ0n) is 12.5. The molecule has 5 N–H and O–H groups in total. The topological polar surface area (TPSA) is 103 Å². The average Bonchev–Trinajstić information content (AvgIpc) is 3.06. The van der Waals surface area contributed by atoms with Crippen LogP contribution in [0.5, 0.6) is 5.88 Å². The molecule has 23 heavy (non-hydrogen) atoms. The minimum absolute atomic E-state index is 0.0722. The summed E-state index contributed by atoms with van der Waals surface area (Å²) in [4.78, 5) is 15.0. The summed E-state index contributed by atoms with van der Waals surface area (Å²) in [6.07, 6.45) is 0. The molecule has 4 rings (SSSR count). The molecular weight excluding hydrogens is 290 g/mol. The number of aliphatic imine (C=N–C) groups is 1. The van der Waals surface area contributed by atoms with Crippen molar-refractivity contribution in [2.45, 2.75) is 6.92 Å². The van der Waals surface area contributed by atoms with Gasteiger partial charge in [0.15, 0.2) is 5.88 Å². The highest BCUT2D eigenvalue weighted by molar-refractivity contribution is 6.13. The highest BCUT2D eigenvalue weighted by Gasteiger charge is 2.14. The largest absolute Gasteiger partial charge is 0.494 e. The molecule has 0 aliphatic heterocycles. The fraction of sp³-hybridized carbons (Fsp3) is 0.0588. The van der Waals surface area contributed by atoms with E-state index in [1.54, 1.807) is 6.07 Å². The molecule has 0 radical (unpaired) electrons. The van der Waals surface area contributed by atoms with Crippen molar-refractivity contribution in [3.05, 3.63) is 48.0 Å². The first-order chi connectivity index (χ1) is 11.1. The summed E-state index contributed by atoms with van der Waals surface area (Å²) < 4.78 is 0. The smallest absolute Gasteiger partial charge is 0.228 e. The standard InChI is InChI=1S/C17H15N5O/c1-9(19-17-21-13-4-2-3-5-14(13)22-17)15-11-8-10(18)6-7-12(11)20-16(15)23/h2-8,20,23H,18H2,1H3,(H,21,22). The van der Waals surface area contributed by atoms with Crippen LogP contribution in [0.25, 0.3) is 21.9 Å². The van der Waals surface area contributed by atoms with E-state index >= 15 is 0 Å². The lowest BCUT2D eigenvalue weighted by Gasteiger charge is -2.00. The van der Waals surface area contributed by atoms with E-state index in [-0.39, 0.29) is 5.88 Å². The van der Waals surface area contributed by atoms with Crippen LogP contribution < -0.4 is 5.73 Å². The average molecular weight is 305 g/mol. The Morgan fingerprint density at radius 3 is 2.78 bits per heavy atom. The van der Waals surface area contributed by atoms with E-state index in [9.17, 15) is 5.11 Å². The summed E-state index contributed by atoms with van der Waals surface area (Å²) in [6, 6.07) is 13.2. The number of nitrogens with two attached hydrogens (primary N) is 1. The Morgan fingerprint density at radius 2 is 1.96 bits per heavy atom. The summed E-state index contributed by atoms with van der Waals surface area (Å²) in [5.41, 5.74) is 10.4. The van der Waals surface area contributed by atoms with E-state index in [0.717, 1.165) is 21.9 Å². The highest BCUT2D eigenvalue weighted by Crippen LogP contribution is 2.30. The predicted octanol–water partition coefficient (Wildman–Crippen LogP) is 3.47. The Balaban J connectivity index is 1.86.